The molecule has 248 valence electrons. The summed E-state index contributed by atoms with van der Waals surface area (Å²) in [6.07, 6.45) is -16.3. The molecule has 2 heterocycles. The van der Waals surface area contributed by atoms with Gasteiger partial charge in [-0.15, -0.1) is 0 Å². The fourth-order valence-electron chi connectivity index (χ4n) is 4.49. The number of esters is 7. The number of hydrogen-bond donors (Lipinski definition) is 1. The van der Waals surface area contributed by atoms with Crippen LogP contribution in [0.2, 0.25) is 0 Å². The SMILES string of the molecule is CC(=O)OCC1OC(O)[C@H](OC(C)=O)C(OC(C)=O)[C@@H]1O[C@H]1OC(COC(C)=O)[C@@H](OC(C)=O)C(OC(C)=O)[C@H]1OC(C)=O. The van der Waals surface area contributed by atoms with E-state index < -0.39 is 116 Å². The average Bonchev–Trinajstić information content (AvgIpc) is 2.87. The highest BCUT2D eigenvalue weighted by atomic mass is 16.8. The molecular formula is C26H36O18. The molecule has 0 aliphatic carbocycles. The molecule has 2 rings (SSSR count). The van der Waals surface area contributed by atoms with Crippen LogP contribution < -0.4 is 0 Å². The molecule has 1 N–H and O–H groups in total. The highest BCUT2D eigenvalue weighted by molar-refractivity contribution is 5.69. The summed E-state index contributed by atoms with van der Waals surface area (Å²) in [5, 5.41) is 10.6. The summed E-state index contributed by atoms with van der Waals surface area (Å²) in [4.78, 5) is 83.5. The Bertz CT molecular complexity index is 1090. The van der Waals surface area contributed by atoms with Gasteiger partial charge in [-0.2, -0.15) is 0 Å². The van der Waals surface area contributed by atoms with Gasteiger partial charge < -0.3 is 52.5 Å². The fraction of sp³-hybridized carbons (Fsp3) is 0.731. The van der Waals surface area contributed by atoms with Gasteiger partial charge in [0.05, 0.1) is 0 Å². The molecule has 0 aromatic rings. The quantitative estimate of drug-likeness (QED) is 0.203. The Morgan fingerprint density at radius 1 is 0.477 bits per heavy atom. The minimum absolute atomic E-state index is 0.572. The summed E-state index contributed by atoms with van der Waals surface area (Å²) in [6.45, 7) is 6.11. The lowest BCUT2D eigenvalue weighted by Crippen LogP contribution is -2.67. The monoisotopic (exact) mass is 636 g/mol. The normalized spacial score (nSPS) is 31.5. The van der Waals surface area contributed by atoms with E-state index >= 15 is 0 Å². The number of aliphatic hydroxyl groups is 1. The van der Waals surface area contributed by atoms with E-state index in [1.807, 2.05) is 0 Å². The minimum Gasteiger partial charge on any atom is -0.463 e. The van der Waals surface area contributed by atoms with Gasteiger partial charge in [0.15, 0.2) is 43.1 Å². The summed E-state index contributed by atoms with van der Waals surface area (Å²) in [5.41, 5.74) is 0. The molecule has 44 heavy (non-hydrogen) atoms. The van der Waals surface area contributed by atoms with Crippen LogP contribution in [-0.4, -0.2) is 122 Å². The first kappa shape index (κ1) is 36.3. The standard InChI is InChI=1S/C26H36O18/c1-10(27)35-8-17-20(21(38-13(4)30)23(25(34)42-17)40-15(6)32)44-26-24(41-16(7)33)22(39-14(5)31)19(37-12(3)29)18(43-26)9-36-11(2)28/h17-26,34H,8-9H2,1-7H3/t17?,18?,19-,20-,21?,22?,23-,24-,25?,26-/m1/s1. The van der Waals surface area contributed by atoms with Crippen LogP contribution in [-0.2, 0) is 80.9 Å². The summed E-state index contributed by atoms with van der Waals surface area (Å²) in [6, 6.07) is 0. The van der Waals surface area contributed by atoms with E-state index in [9.17, 15) is 38.7 Å². The highest BCUT2D eigenvalue weighted by Crippen LogP contribution is 2.34. The molecule has 18 heteroatoms. The number of aliphatic hydroxyl groups excluding tert-OH is 1. The van der Waals surface area contributed by atoms with Gasteiger partial charge in [0, 0.05) is 48.5 Å². The second kappa shape index (κ2) is 16.3. The predicted molar refractivity (Wildman–Crippen MR) is 135 cm³/mol. The van der Waals surface area contributed by atoms with Crippen LogP contribution in [0.4, 0.5) is 0 Å². The predicted octanol–water partition coefficient (Wildman–Crippen LogP) is -1.40. The smallest absolute Gasteiger partial charge is 0.303 e. The molecule has 18 nitrogen and oxygen atoms in total. The second-order valence-electron chi connectivity index (χ2n) is 9.68. The van der Waals surface area contributed by atoms with Gasteiger partial charge in [-0.1, -0.05) is 0 Å². The van der Waals surface area contributed by atoms with Crippen LogP contribution in [0.15, 0.2) is 0 Å². The van der Waals surface area contributed by atoms with Crippen LogP contribution in [0.5, 0.6) is 0 Å². The van der Waals surface area contributed by atoms with Crippen LogP contribution in [0.1, 0.15) is 48.5 Å². The lowest BCUT2D eigenvalue weighted by Gasteiger charge is -2.48. The van der Waals surface area contributed by atoms with Crippen molar-refractivity contribution in [3.63, 3.8) is 0 Å². The highest BCUT2D eigenvalue weighted by Gasteiger charge is 2.57. The average molecular weight is 637 g/mol. The first-order valence-corrected chi connectivity index (χ1v) is 13.3. The molecule has 0 amide bonds. The molecule has 0 aromatic heterocycles. The summed E-state index contributed by atoms with van der Waals surface area (Å²) in [5.74, 6) is -6.03. The Hall–Kier alpha value is -3.87. The van der Waals surface area contributed by atoms with Crippen molar-refractivity contribution in [3.05, 3.63) is 0 Å². The van der Waals surface area contributed by atoms with Gasteiger partial charge in [-0.3, -0.25) is 33.6 Å². The molecule has 5 unspecified atom stereocenters. The molecule has 2 fully saturated rings. The molecule has 2 aliphatic heterocycles. The van der Waals surface area contributed by atoms with E-state index in [1.54, 1.807) is 0 Å². The van der Waals surface area contributed by atoms with Crippen molar-refractivity contribution >= 4 is 41.8 Å². The Morgan fingerprint density at radius 3 is 1.27 bits per heavy atom. The summed E-state index contributed by atoms with van der Waals surface area (Å²) >= 11 is 0. The Balaban J connectivity index is 2.66. The lowest BCUT2D eigenvalue weighted by atomic mass is 9.96. The van der Waals surface area contributed by atoms with Crippen molar-refractivity contribution in [2.24, 2.45) is 0 Å². The largest absolute Gasteiger partial charge is 0.463 e. The van der Waals surface area contributed by atoms with Crippen molar-refractivity contribution < 1.29 is 86.0 Å². The Morgan fingerprint density at radius 2 is 0.841 bits per heavy atom. The zero-order valence-electron chi connectivity index (χ0n) is 25.1. The van der Waals surface area contributed by atoms with Crippen LogP contribution in [0.3, 0.4) is 0 Å². The van der Waals surface area contributed by atoms with Gasteiger partial charge >= 0.3 is 41.8 Å². The molecule has 0 saturated carbocycles. The van der Waals surface area contributed by atoms with Crippen LogP contribution in [0, 0.1) is 0 Å². The maximum atomic E-state index is 12.2. The van der Waals surface area contributed by atoms with E-state index in [0.29, 0.717) is 0 Å². The maximum Gasteiger partial charge on any atom is 0.303 e. The van der Waals surface area contributed by atoms with Crippen molar-refractivity contribution in [1.29, 1.82) is 0 Å². The molecule has 10 atom stereocenters. The van der Waals surface area contributed by atoms with Crippen LogP contribution in [0.25, 0.3) is 0 Å². The van der Waals surface area contributed by atoms with E-state index in [-0.39, 0.29) is 0 Å². The van der Waals surface area contributed by atoms with Crippen molar-refractivity contribution in [1.82, 2.24) is 0 Å². The zero-order valence-corrected chi connectivity index (χ0v) is 25.1. The fourth-order valence-corrected chi connectivity index (χ4v) is 4.49. The van der Waals surface area contributed by atoms with Gasteiger partial charge in [0.1, 0.15) is 31.5 Å². The zero-order chi connectivity index (χ0) is 33.3. The van der Waals surface area contributed by atoms with Crippen LogP contribution >= 0.6 is 0 Å². The molecule has 2 saturated heterocycles. The number of carbonyl (C=O) groups excluding carboxylic acids is 7. The number of rotatable bonds is 11. The third kappa shape index (κ3) is 10.7. The first-order chi connectivity index (χ1) is 20.5. The molecule has 0 bridgehead atoms. The first-order valence-electron chi connectivity index (χ1n) is 13.3. The third-order valence-electron chi connectivity index (χ3n) is 5.90. The van der Waals surface area contributed by atoms with E-state index in [4.69, 9.17) is 47.4 Å². The Labute approximate surface area is 251 Å². The summed E-state index contributed by atoms with van der Waals surface area (Å²) in [7, 11) is 0. The topological polar surface area (TPSA) is 232 Å². The summed E-state index contributed by atoms with van der Waals surface area (Å²) < 4.78 is 54.1. The van der Waals surface area contributed by atoms with Crippen molar-refractivity contribution in [3.8, 4) is 0 Å². The van der Waals surface area contributed by atoms with Crippen molar-refractivity contribution in [2.45, 2.75) is 110 Å². The molecule has 0 aromatic carbocycles. The third-order valence-corrected chi connectivity index (χ3v) is 5.90. The number of hydrogen-bond acceptors (Lipinski definition) is 18. The van der Waals surface area contributed by atoms with Gasteiger partial charge in [0.2, 0.25) is 0 Å². The minimum atomic E-state index is -1.90. The molecule has 0 spiro atoms. The molecule has 0 radical (unpaired) electrons. The molecule has 2 aliphatic rings. The van der Waals surface area contributed by atoms with E-state index in [2.05, 4.69) is 0 Å². The molecular weight excluding hydrogens is 600 g/mol. The van der Waals surface area contributed by atoms with Gasteiger partial charge in [-0.05, 0) is 0 Å². The maximum absolute atomic E-state index is 12.2. The lowest BCUT2D eigenvalue weighted by molar-refractivity contribution is -0.357. The second-order valence-corrected chi connectivity index (χ2v) is 9.68. The number of ether oxygens (including phenoxy) is 10. The number of carbonyl (C=O) groups is 7. The van der Waals surface area contributed by atoms with Gasteiger partial charge in [-0.25, -0.2) is 0 Å². The van der Waals surface area contributed by atoms with E-state index in [1.165, 1.54) is 0 Å². The van der Waals surface area contributed by atoms with Crippen molar-refractivity contribution in [2.75, 3.05) is 13.2 Å². The van der Waals surface area contributed by atoms with E-state index in [0.717, 1.165) is 48.5 Å². The Kier molecular flexibility index (Phi) is 13.4. The van der Waals surface area contributed by atoms with Gasteiger partial charge in [0.25, 0.3) is 0 Å².